The number of hydrogen-bond acceptors (Lipinski definition) is 0. The average molecular weight is 255 g/mol. The molecule has 0 aromatic carbocycles. The summed E-state index contributed by atoms with van der Waals surface area (Å²) >= 11 is 0. The molecular weight excluding hydrogens is 239 g/mol. The summed E-state index contributed by atoms with van der Waals surface area (Å²) < 4.78 is 0. The van der Waals surface area contributed by atoms with E-state index < -0.39 is 0 Å². The number of rotatable bonds is 0. The Kier molecular flexibility index (Phi) is 22.7. The summed E-state index contributed by atoms with van der Waals surface area (Å²) in [4.78, 5) is 0. The van der Waals surface area contributed by atoms with Gasteiger partial charge in [0, 0.05) is 0 Å². The summed E-state index contributed by atoms with van der Waals surface area (Å²) in [5.74, 6) is 0. The second kappa shape index (κ2) is 15.3. The van der Waals surface area contributed by atoms with Crippen molar-refractivity contribution in [1.29, 1.82) is 0 Å². The predicted molar refractivity (Wildman–Crippen MR) is 46.0 cm³/mol. The predicted octanol–water partition coefficient (Wildman–Crippen LogP) is -2.54. The van der Waals surface area contributed by atoms with Gasteiger partial charge in [0.25, 0.3) is 0 Å². The number of hydrogen-bond donors (Lipinski definition) is 0. The maximum Gasteiger partial charge on any atom is 2.00 e. The quantitative estimate of drug-likeness (QED) is 0.330. The molecule has 3 heteroatoms. The molecule has 0 saturated heterocycles. The number of allylic oxidation sites excluding steroid dienone is 4. The van der Waals surface area contributed by atoms with E-state index in [9.17, 15) is 0 Å². The molecule has 0 N–H and O–H groups in total. The standard InChI is InChI=1S/2C5H8.2ClH.Ti/c2*1-2-4-5-3-1;;;/h2*1-2H,3-5H2;2*1H;/q;;;;+2/p-2. The fourth-order valence-corrected chi connectivity index (χ4v) is 1.18. The van der Waals surface area contributed by atoms with Crippen molar-refractivity contribution in [2.24, 2.45) is 0 Å². The van der Waals surface area contributed by atoms with E-state index in [0.29, 0.717) is 0 Å². The minimum Gasteiger partial charge on any atom is -1.00 e. The van der Waals surface area contributed by atoms with Crippen LogP contribution in [0.5, 0.6) is 0 Å². The zero-order valence-corrected chi connectivity index (χ0v) is 10.9. The molecule has 0 unspecified atom stereocenters. The van der Waals surface area contributed by atoms with Crippen LogP contribution < -0.4 is 24.8 Å². The maximum atomic E-state index is 2.24. The Morgan fingerprint density at radius 1 is 0.538 bits per heavy atom. The first kappa shape index (κ1) is 19.4. The molecule has 0 bridgehead atoms. The van der Waals surface area contributed by atoms with Gasteiger partial charge in [0.2, 0.25) is 0 Å². The summed E-state index contributed by atoms with van der Waals surface area (Å²) in [6, 6.07) is 0. The third-order valence-electron chi connectivity index (χ3n) is 1.82. The second-order valence-corrected chi connectivity index (χ2v) is 2.80. The van der Waals surface area contributed by atoms with Crippen LogP contribution in [-0.2, 0) is 21.7 Å². The van der Waals surface area contributed by atoms with Gasteiger partial charge in [0.1, 0.15) is 0 Å². The Morgan fingerprint density at radius 3 is 0.846 bits per heavy atom. The van der Waals surface area contributed by atoms with E-state index in [1.54, 1.807) is 0 Å². The second-order valence-electron chi connectivity index (χ2n) is 2.80. The van der Waals surface area contributed by atoms with Crippen LogP contribution in [0.3, 0.4) is 0 Å². The fraction of sp³-hybridized carbons (Fsp3) is 0.600. The molecule has 13 heavy (non-hydrogen) atoms. The van der Waals surface area contributed by atoms with E-state index in [4.69, 9.17) is 0 Å². The van der Waals surface area contributed by atoms with Crippen LogP contribution in [0.4, 0.5) is 0 Å². The van der Waals surface area contributed by atoms with Crippen molar-refractivity contribution < 1.29 is 46.5 Å². The van der Waals surface area contributed by atoms with Crippen molar-refractivity contribution >= 4 is 0 Å². The molecule has 2 rings (SSSR count). The SMILES string of the molecule is C1=CCCC1.C1=CCCC1.[Cl-].[Cl-].[Ti+2]. The van der Waals surface area contributed by atoms with E-state index in [-0.39, 0.29) is 46.5 Å². The molecule has 0 amide bonds. The summed E-state index contributed by atoms with van der Waals surface area (Å²) in [6.45, 7) is 0. The topological polar surface area (TPSA) is 0 Å². The third-order valence-corrected chi connectivity index (χ3v) is 1.82. The van der Waals surface area contributed by atoms with Crippen LogP contribution >= 0.6 is 0 Å². The van der Waals surface area contributed by atoms with Gasteiger partial charge in [0.15, 0.2) is 0 Å². The smallest absolute Gasteiger partial charge is 1.00 e. The van der Waals surface area contributed by atoms with Crippen molar-refractivity contribution in [1.82, 2.24) is 0 Å². The Labute approximate surface area is 109 Å². The molecule has 0 nitrogen and oxygen atoms in total. The Morgan fingerprint density at radius 2 is 0.769 bits per heavy atom. The van der Waals surface area contributed by atoms with E-state index in [2.05, 4.69) is 24.3 Å². The van der Waals surface area contributed by atoms with Crippen molar-refractivity contribution in [3.63, 3.8) is 0 Å². The minimum atomic E-state index is 0. The fourth-order valence-electron chi connectivity index (χ4n) is 1.18. The molecule has 74 valence electrons. The van der Waals surface area contributed by atoms with Crippen molar-refractivity contribution in [3.05, 3.63) is 24.3 Å². The Balaban J connectivity index is -0.000000125. The first-order valence-corrected chi connectivity index (χ1v) is 4.30. The molecule has 0 aromatic rings. The van der Waals surface area contributed by atoms with Gasteiger partial charge in [-0.15, -0.1) is 0 Å². The zero-order chi connectivity index (χ0) is 7.07. The van der Waals surface area contributed by atoms with Crippen LogP contribution in [-0.4, -0.2) is 0 Å². The molecule has 0 aliphatic heterocycles. The summed E-state index contributed by atoms with van der Waals surface area (Å²) in [5.41, 5.74) is 0. The van der Waals surface area contributed by atoms with Gasteiger partial charge in [-0.05, 0) is 38.5 Å². The van der Waals surface area contributed by atoms with Crippen LogP contribution in [0.15, 0.2) is 24.3 Å². The van der Waals surface area contributed by atoms with Crippen LogP contribution in [0, 0.1) is 0 Å². The first-order chi connectivity index (χ1) is 5.00. The van der Waals surface area contributed by atoms with E-state index >= 15 is 0 Å². The molecule has 0 atom stereocenters. The molecule has 0 saturated carbocycles. The normalized spacial score (nSPS) is 16.0. The Hall–Kier alpha value is 0.774. The van der Waals surface area contributed by atoms with Crippen LogP contribution in [0.1, 0.15) is 38.5 Å². The zero-order valence-electron chi connectivity index (χ0n) is 7.81. The molecule has 0 aromatic heterocycles. The van der Waals surface area contributed by atoms with Gasteiger partial charge < -0.3 is 24.8 Å². The van der Waals surface area contributed by atoms with E-state index in [0.717, 1.165) is 0 Å². The van der Waals surface area contributed by atoms with E-state index in [1.165, 1.54) is 38.5 Å². The monoisotopic (exact) mass is 254 g/mol. The van der Waals surface area contributed by atoms with Gasteiger partial charge in [-0.2, -0.15) is 0 Å². The summed E-state index contributed by atoms with van der Waals surface area (Å²) in [7, 11) is 0. The molecule has 0 spiro atoms. The number of halogens is 2. The third kappa shape index (κ3) is 12.8. The van der Waals surface area contributed by atoms with Crippen molar-refractivity contribution in [2.75, 3.05) is 0 Å². The van der Waals surface area contributed by atoms with Gasteiger partial charge >= 0.3 is 21.7 Å². The van der Waals surface area contributed by atoms with Crippen molar-refractivity contribution in [2.45, 2.75) is 38.5 Å². The van der Waals surface area contributed by atoms with Crippen LogP contribution in [0.2, 0.25) is 0 Å². The molecule has 2 aliphatic rings. The molecule has 0 heterocycles. The maximum absolute atomic E-state index is 2.24. The van der Waals surface area contributed by atoms with Gasteiger partial charge in [0.05, 0.1) is 0 Å². The van der Waals surface area contributed by atoms with Crippen molar-refractivity contribution in [3.8, 4) is 0 Å². The van der Waals surface area contributed by atoms with Gasteiger partial charge in [-0.1, -0.05) is 24.3 Å². The molecule has 0 radical (unpaired) electrons. The van der Waals surface area contributed by atoms with Gasteiger partial charge in [-0.3, -0.25) is 0 Å². The first-order valence-electron chi connectivity index (χ1n) is 4.30. The molecule has 0 fully saturated rings. The summed E-state index contributed by atoms with van der Waals surface area (Å²) in [6.07, 6.45) is 17.0. The molecule has 2 aliphatic carbocycles. The average Bonchev–Trinajstić information content (AvgIpc) is 2.67. The van der Waals surface area contributed by atoms with Gasteiger partial charge in [-0.25, -0.2) is 0 Å². The molecular formula is C10H16Cl2Ti. The Bertz CT molecular complexity index is 105. The summed E-state index contributed by atoms with van der Waals surface area (Å²) in [5, 5.41) is 0. The minimum absolute atomic E-state index is 0. The van der Waals surface area contributed by atoms with E-state index in [1.807, 2.05) is 0 Å². The van der Waals surface area contributed by atoms with Crippen LogP contribution in [0.25, 0.3) is 0 Å². The largest absolute Gasteiger partial charge is 2.00 e.